The van der Waals surface area contributed by atoms with Crippen LogP contribution in [0.2, 0.25) is 0 Å². The highest BCUT2D eigenvalue weighted by Gasteiger charge is 2.31. The van der Waals surface area contributed by atoms with Crippen LogP contribution in [0.1, 0.15) is 45.6 Å². The summed E-state index contributed by atoms with van der Waals surface area (Å²) < 4.78 is 38.7. The van der Waals surface area contributed by atoms with Crippen LogP contribution in [-0.4, -0.2) is 61.9 Å². The minimum atomic E-state index is -3.98. The third-order valence-electron chi connectivity index (χ3n) is 5.50. The second-order valence-electron chi connectivity index (χ2n) is 9.66. The summed E-state index contributed by atoms with van der Waals surface area (Å²) in [7, 11) is -2.49. The fourth-order valence-electron chi connectivity index (χ4n) is 3.64. The normalized spacial score (nSPS) is 13.4. The maximum atomic E-state index is 13.5. The van der Waals surface area contributed by atoms with Gasteiger partial charge in [0.1, 0.15) is 11.4 Å². The second-order valence-corrected chi connectivity index (χ2v) is 11.6. The molecule has 2 unspecified atom stereocenters. The largest absolute Gasteiger partial charge is 0.497 e. The van der Waals surface area contributed by atoms with Crippen molar-refractivity contribution in [3.63, 3.8) is 0 Å². The molecule has 0 saturated carbocycles. The van der Waals surface area contributed by atoms with Gasteiger partial charge in [-0.1, -0.05) is 30.3 Å². The van der Waals surface area contributed by atoms with Crippen molar-refractivity contribution in [2.24, 2.45) is 0 Å². The van der Waals surface area contributed by atoms with Gasteiger partial charge in [-0.25, -0.2) is 13.2 Å². The van der Waals surface area contributed by atoms with E-state index in [1.165, 1.54) is 23.5 Å². The zero-order valence-corrected chi connectivity index (χ0v) is 22.7. The number of nitrogens with one attached hydrogen (secondary N) is 1. The summed E-state index contributed by atoms with van der Waals surface area (Å²) in [4.78, 5) is 12.6. The number of benzene rings is 2. The molecule has 0 saturated heterocycles. The van der Waals surface area contributed by atoms with Crippen LogP contribution in [0, 0.1) is 11.3 Å². The summed E-state index contributed by atoms with van der Waals surface area (Å²) in [5.74, 6) is 0.518. The highest BCUT2D eigenvalue weighted by atomic mass is 32.2. The summed E-state index contributed by atoms with van der Waals surface area (Å²) in [6.45, 7) is 5.06. The van der Waals surface area contributed by atoms with Crippen LogP contribution in [-0.2, 0) is 21.2 Å². The van der Waals surface area contributed by atoms with Gasteiger partial charge in [0.05, 0.1) is 30.2 Å². The predicted molar refractivity (Wildman–Crippen MR) is 141 cm³/mol. The summed E-state index contributed by atoms with van der Waals surface area (Å²) in [5.41, 5.74) is 0.123. The predicted octanol–water partition coefficient (Wildman–Crippen LogP) is 3.88. The van der Waals surface area contributed by atoms with Crippen LogP contribution in [0.25, 0.3) is 0 Å². The molecule has 202 valence electrons. The monoisotopic (exact) mass is 531 g/mol. The van der Waals surface area contributed by atoms with Crippen LogP contribution in [0.3, 0.4) is 0 Å². The van der Waals surface area contributed by atoms with Gasteiger partial charge >= 0.3 is 6.09 Å². The molecule has 2 aromatic rings. The zero-order chi connectivity index (χ0) is 27.5. The molecule has 10 heteroatoms. The Morgan fingerprint density at radius 2 is 1.76 bits per heavy atom. The summed E-state index contributed by atoms with van der Waals surface area (Å²) >= 11 is 0. The van der Waals surface area contributed by atoms with Crippen molar-refractivity contribution in [3.05, 3.63) is 60.2 Å². The van der Waals surface area contributed by atoms with Gasteiger partial charge in [0.15, 0.2) is 0 Å². The minimum Gasteiger partial charge on any atom is -0.497 e. The van der Waals surface area contributed by atoms with Gasteiger partial charge in [0, 0.05) is 19.5 Å². The highest BCUT2D eigenvalue weighted by molar-refractivity contribution is 7.89. The maximum Gasteiger partial charge on any atom is 0.407 e. The van der Waals surface area contributed by atoms with Crippen molar-refractivity contribution >= 4 is 16.1 Å². The first-order chi connectivity index (χ1) is 17.5. The first-order valence-electron chi connectivity index (χ1n) is 12.2. The number of ether oxygens (including phenoxy) is 2. The minimum absolute atomic E-state index is 0.0560. The zero-order valence-electron chi connectivity index (χ0n) is 21.9. The number of carbonyl (C=O) groups is 1. The molecule has 0 spiro atoms. The van der Waals surface area contributed by atoms with E-state index in [1.54, 1.807) is 32.9 Å². The fourth-order valence-corrected chi connectivity index (χ4v) is 5.14. The van der Waals surface area contributed by atoms with Crippen molar-refractivity contribution in [2.45, 2.75) is 69.1 Å². The topological polar surface area (TPSA) is 129 Å². The maximum absolute atomic E-state index is 13.5. The number of aliphatic hydroxyl groups excluding tert-OH is 1. The van der Waals surface area contributed by atoms with Gasteiger partial charge < -0.3 is 19.9 Å². The number of alkyl carbamates (subject to hydrolysis) is 1. The smallest absolute Gasteiger partial charge is 0.407 e. The molecule has 0 aliphatic rings. The molecule has 2 atom stereocenters. The van der Waals surface area contributed by atoms with E-state index in [2.05, 4.69) is 11.4 Å². The van der Waals surface area contributed by atoms with E-state index in [0.29, 0.717) is 25.0 Å². The number of rotatable bonds is 13. The number of unbranched alkanes of at least 4 members (excludes halogenated alkanes) is 2. The van der Waals surface area contributed by atoms with Crippen LogP contribution < -0.4 is 10.1 Å². The summed E-state index contributed by atoms with van der Waals surface area (Å²) in [5, 5.41) is 22.8. The Balaban J connectivity index is 2.31. The Bertz CT molecular complexity index is 1130. The third kappa shape index (κ3) is 10.0. The Labute approximate surface area is 220 Å². The molecule has 2 rings (SSSR count). The van der Waals surface area contributed by atoms with Gasteiger partial charge in [0.25, 0.3) is 0 Å². The average Bonchev–Trinajstić information content (AvgIpc) is 2.84. The summed E-state index contributed by atoms with van der Waals surface area (Å²) in [6, 6.07) is 16.5. The molecule has 0 bridgehead atoms. The van der Waals surface area contributed by atoms with Crippen molar-refractivity contribution < 1.29 is 27.8 Å². The number of aliphatic hydroxyl groups is 1. The first kappa shape index (κ1) is 30.1. The van der Waals surface area contributed by atoms with Gasteiger partial charge in [0.2, 0.25) is 10.0 Å². The SMILES string of the molecule is COc1ccc(S(=O)(=O)N(CCCCC#N)CC(O)C(Cc2ccccc2)NC(=O)OC(C)(C)C)cc1. The van der Waals surface area contributed by atoms with E-state index in [-0.39, 0.29) is 24.4 Å². The molecule has 1 amide bonds. The molecule has 0 radical (unpaired) electrons. The Morgan fingerprint density at radius 1 is 1.11 bits per heavy atom. The number of methoxy groups -OCH3 is 1. The molecular formula is C27H37N3O6S. The lowest BCUT2D eigenvalue weighted by atomic mass is 10.0. The molecule has 0 aromatic heterocycles. The average molecular weight is 532 g/mol. The molecule has 2 N–H and O–H groups in total. The van der Waals surface area contributed by atoms with E-state index in [1.807, 2.05) is 30.3 Å². The van der Waals surface area contributed by atoms with Gasteiger partial charge in [-0.15, -0.1) is 0 Å². The van der Waals surface area contributed by atoms with Crippen molar-refractivity contribution in [2.75, 3.05) is 20.2 Å². The second kappa shape index (κ2) is 14.0. The van der Waals surface area contributed by atoms with Crippen LogP contribution in [0.15, 0.2) is 59.5 Å². The Morgan fingerprint density at radius 3 is 2.32 bits per heavy atom. The van der Waals surface area contributed by atoms with Crippen LogP contribution in [0.4, 0.5) is 4.79 Å². The summed E-state index contributed by atoms with van der Waals surface area (Å²) in [6.07, 6.45) is -0.409. The van der Waals surface area contributed by atoms with E-state index in [4.69, 9.17) is 14.7 Å². The van der Waals surface area contributed by atoms with Gasteiger partial charge in [-0.05, 0) is 69.9 Å². The number of hydrogen-bond acceptors (Lipinski definition) is 7. The standard InChI is InChI=1S/C27H37N3O6S/c1-27(2,3)36-26(32)29-24(19-21-11-7-5-8-12-21)25(31)20-30(18-10-6-9-17-28)37(33,34)23-15-13-22(35-4)14-16-23/h5,7-8,11-16,24-25,31H,6,9-10,18-20H2,1-4H3,(H,29,32). The van der Waals surface area contributed by atoms with Crippen LogP contribution in [0.5, 0.6) is 5.75 Å². The van der Waals surface area contributed by atoms with Gasteiger partial charge in [-0.2, -0.15) is 9.57 Å². The van der Waals surface area contributed by atoms with E-state index in [9.17, 15) is 18.3 Å². The Hall–Kier alpha value is -3.13. The lowest BCUT2D eigenvalue weighted by Gasteiger charge is -2.30. The molecule has 0 aliphatic heterocycles. The number of amides is 1. The molecule has 0 aliphatic carbocycles. The molecular weight excluding hydrogens is 494 g/mol. The van der Waals surface area contributed by atoms with E-state index >= 15 is 0 Å². The number of nitrogens with zero attached hydrogens (tertiary/aromatic N) is 2. The fraction of sp³-hybridized carbons (Fsp3) is 0.481. The number of carbonyl (C=O) groups excluding carboxylic acids is 1. The molecule has 0 fully saturated rings. The lowest BCUT2D eigenvalue weighted by molar-refractivity contribution is 0.0402. The van der Waals surface area contributed by atoms with E-state index < -0.39 is 33.9 Å². The van der Waals surface area contributed by atoms with Crippen molar-refractivity contribution in [1.29, 1.82) is 5.26 Å². The lowest BCUT2D eigenvalue weighted by Crippen LogP contribution is -2.51. The molecule has 0 heterocycles. The quantitative estimate of drug-likeness (QED) is 0.375. The van der Waals surface area contributed by atoms with Crippen molar-refractivity contribution in [3.8, 4) is 11.8 Å². The van der Waals surface area contributed by atoms with Gasteiger partial charge in [-0.3, -0.25) is 0 Å². The molecule has 9 nitrogen and oxygen atoms in total. The third-order valence-corrected chi connectivity index (χ3v) is 7.38. The first-order valence-corrected chi connectivity index (χ1v) is 13.6. The van der Waals surface area contributed by atoms with Crippen molar-refractivity contribution in [1.82, 2.24) is 9.62 Å². The number of nitriles is 1. The molecule has 2 aromatic carbocycles. The number of sulfonamides is 1. The molecule has 37 heavy (non-hydrogen) atoms. The highest BCUT2D eigenvalue weighted by Crippen LogP contribution is 2.21. The van der Waals surface area contributed by atoms with Crippen LogP contribution >= 0.6 is 0 Å². The Kier molecular flexibility index (Phi) is 11.4. The number of hydrogen-bond donors (Lipinski definition) is 2. The van der Waals surface area contributed by atoms with E-state index in [0.717, 1.165) is 5.56 Å².